The van der Waals surface area contributed by atoms with Crippen molar-refractivity contribution < 1.29 is 0 Å². The van der Waals surface area contributed by atoms with Gasteiger partial charge in [0.25, 0.3) is 0 Å². The molecule has 3 atom stereocenters. The summed E-state index contributed by atoms with van der Waals surface area (Å²) in [5.74, 6) is 1.64. The molecule has 1 aliphatic carbocycles. The molecule has 0 bridgehead atoms. The van der Waals surface area contributed by atoms with Crippen molar-refractivity contribution in [2.75, 3.05) is 6.54 Å². The molecule has 1 fully saturated rings. The van der Waals surface area contributed by atoms with Gasteiger partial charge in [0, 0.05) is 6.04 Å². The number of nitrogens with zero attached hydrogens (tertiary/aromatic N) is 2. The predicted octanol–water partition coefficient (Wildman–Crippen LogP) is 3.71. The molecule has 1 N–H and O–H groups in total. The maximum Gasteiger partial charge on any atom is 0.0772 e. The molecule has 0 radical (unpaired) electrons. The Morgan fingerprint density at radius 2 is 2.28 bits per heavy atom. The van der Waals surface area contributed by atoms with Crippen LogP contribution in [-0.2, 0) is 0 Å². The average molecular weight is 267 g/mol. The monoisotopic (exact) mass is 267 g/mol. The Kier molecular flexibility index (Phi) is 5.13. The zero-order valence-corrected chi connectivity index (χ0v) is 12.6. The first-order valence-electron chi connectivity index (χ1n) is 7.24. The van der Waals surface area contributed by atoms with Crippen molar-refractivity contribution in [3.05, 3.63) is 10.6 Å². The highest BCUT2D eigenvalue weighted by Gasteiger charge is 2.29. The van der Waals surface area contributed by atoms with Gasteiger partial charge in [0.15, 0.2) is 0 Å². The minimum Gasteiger partial charge on any atom is -0.309 e. The van der Waals surface area contributed by atoms with E-state index in [1.807, 2.05) is 0 Å². The van der Waals surface area contributed by atoms with E-state index in [9.17, 15) is 0 Å². The quantitative estimate of drug-likeness (QED) is 0.883. The number of aryl methyl sites for hydroxylation is 1. The Hall–Kier alpha value is -0.480. The molecule has 1 aliphatic rings. The standard InChI is InChI=1S/C14H25N3S/c1-4-8-15-13(14-11(3)16-17-18-14)12-7-5-6-10(2)9-12/h10,12-13,15H,4-9H2,1-3H3. The molecule has 0 saturated heterocycles. The second kappa shape index (κ2) is 6.62. The summed E-state index contributed by atoms with van der Waals surface area (Å²) in [5, 5.41) is 7.92. The highest BCUT2D eigenvalue weighted by atomic mass is 32.1. The summed E-state index contributed by atoms with van der Waals surface area (Å²) in [4.78, 5) is 1.36. The van der Waals surface area contributed by atoms with Gasteiger partial charge in [-0.1, -0.05) is 31.2 Å². The van der Waals surface area contributed by atoms with Gasteiger partial charge in [-0.2, -0.15) is 0 Å². The van der Waals surface area contributed by atoms with Crippen LogP contribution >= 0.6 is 11.5 Å². The van der Waals surface area contributed by atoms with Crippen molar-refractivity contribution in [3.8, 4) is 0 Å². The van der Waals surface area contributed by atoms with Gasteiger partial charge in [0.1, 0.15) is 0 Å². The Morgan fingerprint density at radius 1 is 1.44 bits per heavy atom. The highest BCUT2D eigenvalue weighted by Crippen LogP contribution is 2.38. The average Bonchev–Trinajstić information content (AvgIpc) is 2.77. The van der Waals surface area contributed by atoms with E-state index in [1.165, 1.54) is 37.0 Å². The van der Waals surface area contributed by atoms with Gasteiger partial charge in [0.05, 0.1) is 10.6 Å². The summed E-state index contributed by atoms with van der Waals surface area (Å²) >= 11 is 1.58. The molecule has 0 aromatic carbocycles. The van der Waals surface area contributed by atoms with Crippen LogP contribution in [0.2, 0.25) is 0 Å². The third kappa shape index (κ3) is 3.29. The van der Waals surface area contributed by atoms with Gasteiger partial charge in [-0.15, -0.1) is 5.10 Å². The third-order valence-electron chi connectivity index (χ3n) is 4.03. The van der Waals surface area contributed by atoms with E-state index >= 15 is 0 Å². The molecule has 1 aromatic rings. The largest absolute Gasteiger partial charge is 0.309 e. The predicted molar refractivity (Wildman–Crippen MR) is 76.8 cm³/mol. The lowest BCUT2D eigenvalue weighted by atomic mass is 9.78. The van der Waals surface area contributed by atoms with Crippen molar-refractivity contribution in [3.63, 3.8) is 0 Å². The van der Waals surface area contributed by atoms with E-state index in [4.69, 9.17) is 0 Å². The van der Waals surface area contributed by atoms with Crippen LogP contribution in [0.5, 0.6) is 0 Å². The van der Waals surface area contributed by atoms with Crippen LogP contribution in [0, 0.1) is 18.8 Å². The summed E-state index contributed by atoms with van der Waals surface area (Å²) in [6, 6.07) is 0.479. The number of aromatic nitrogens is 2. The van der Waals surface area contributed by atoms with Crippen molar-refractivity contribution in [1.29, 1.82) is 0 Å². The first-order chi connectivity index (χ1) is 8.72. The molecule has 3 unspecified atom stereocenters. The highest BCUT2D eigenvalue weighted by molar-refractivity contribution is 7.05. The van der Waals surface area contributed by atoms with E-state index in [2.05, 4.69) is 35.7 Å². The molecule has 18 heavy (non-hydrogen) atoms. The van der Waals surface area contributed by atoms with E-state index in [-0.39, 0.29) is 0 Å². The van der Waals surface area contributed by atoms with Gasteiger partial charge < -0.3 is 5.32 Å². The molecule has 1 aromatic heterocycles. The first-order valence-corrected chi connectivity index (χ1v) is 8.02. The molecule has 3 nitrogen and oxygen atoms in total. The molecule has 0 aliphatic heterocycles. The summed E-state index contributed by atoms with van der Waals surface area (Å²) in [6.45, 7) is 7.80. The van der Waals surface area contributed by atoms with Crippen LogP contribution in [0.3, 0.4) is 0 Å². The lowest BCUT2D eigenvalue weighted by Crippen LogP contribution is -2.31. The number of hydrogen-bond acceptors (Lipinski definition) is 4. The minimum atomic E-state index is 0.479. The van der Waals surface area contributed by atoms with Gasteiger partial charge in [0.2, 0.25) is 0 Å². The molecule has 1 saturated carbocycles. The van der Waals surface area contributed by atoms with E-state index < -0.39 is 0 Å². The zero-order valence-electron chi connectivity index (χ0n) is 11.8. The van der Waals surface area contributed by atoms with Crippen molar-refractivity contribution in [1.82, 2.24) is 14.9 Å². The molecule has 0 spiro atoms. The van der Waals surface area contributed by atoms with Crippen LogP contribution in [0.4, 0.5) is 0 Å². The molecule has 1 heterocycles. The SMILES string of the molecule is CCCNC(c1snnc1C)C1CCCC(C)C1. The summed E-state index contributed by atoms with van der Waals surface area (Å²) in [6.07, 6.45) is 6.66. The minimum absolute atomic E-state index is 0.479. The zero-order chi connectivity index (χ0) is 13.0. The normalized spacial score (nSPS) is 26.2. The summed E-state index contributed by atoms with van der Waals surface area (Å²) < 4.78 is 4.12. The molecular formula is C14H25N3S. The maximum atomic E-state index is 4.19. The van der Waals surface area contributed by atoms with Gasteiger partial charge in [-0.3, -0.25) is 0 Å². The molecule has 2 rings (SSSR count). The lowest BCUT2D eigenvalue weighted by Gasteiger charge is -2.33. The Bertz CT molecular complexity index is 364. The van der Waals surface area contributed by atoms with Crippen LogP contribution in [0.25, 0.3) is 0 Å². The second-order valence-electron chi connectivity index (χ2n) is 5.69. The first kappa shape index (κ1) is 13.9. The maximum absolute atomic E-state index is 4.19. The number of hydrogen-bond donors (Lipinski definition) is 1. The molecule has 0 amide bonds. The smallest absolute Gasteiger partial charge is 0.0772 e. The molecule has 102 valence electrons. The summed E-state index contributed by atoms with van der Waals surface area (Å²) in [5.41, 5.74) is 1.12. The van der Waals surface area contributed by atoms with Crippen molar-refractivity contribution >= 4 is 11.5 Å². The Balaban J connectivity index is 2.11. The number of rotatable bonds is 5. The van der Waals surface area contributed by atoms with Crippen LogP contribution in [0.15, 0.2) is 0 Å². The van der Waals surface area contributed by atoms with E-state index in [1.54, 1.807) is 11.5 Å². The van der Waals surface area contributed by atoms with Crippen molar-refractivity contribution in [2.24, 2.45) is 11.8 Å². The summed E-state index contributed by atoms with van der Waals surface area (Å²) in [7, 11) is 0. The third-order valence-corrected chi connectivity index (χ3v) is 4.94. The number of nitrogens with one attached hydrogen (secondary N) is 1. The second-order valence-corrected chi connectivity index (χ2v) is 6.47. The lowest BCUT2D eigenvalue weighted by molar-refractivity contribution is 0.225. The van der Waals surface area contributed by atoms with Crippen molar-refractivity contribution in [2.45, 2.75) is 58.9 Å². The van der Waals surface area contributed by atoms with E-state index in [0.717, 1.165) is 24.1 Å². The Morgan fingerprint density at radius 3 is 2.89 bits per heavy atom. The van der Waals surface area contributed by atoms with E-state index in [0.29, 0.717) is 6.04 Å². The van der Waals surface area contributed by atoms with Crippen LogP contribution < -0.4 is 5.32 Å². The van der Waals surface area contributed by atoms with Gasteiger partial charge in [-0.05, 0) is 56.1 Å². The van der Waals surface area contributed by atoms with Gasteiger partial charge >= 0.3 is 0 Å². The molecule has 4 heteroatoms. The fraction of sp³-hybridized carbons (Fsp3) is 0.857. The van der Waals surface area contributed by atoms with Crippen LogP contribution in [-0.4, -0.2) is 16.1 Å². The Labute approximate surface area is 115 Å². The van der Waals surface area contributed by atoms with Crippen LogP contribution in [0.1, 0.15) is 62.6 Å². The molecular weight excluding hydrogens is 242 g/mol. The fourth-order valence-electron chi connectivity index (χ4n) is 3.08. The van der Waals surface area contributed by atoms with Gasteiger partial charge in [-0.25, -0.2) is 0 Å². The fourth-order valence-corrected chi connectivity index (χ4v) is 3.89. The topological polar surface area (TPSA) is 37.8 Å².